The van der Waals surface area contributed by atoms with Crippen molar-refractivity contribution in [1.82, 2.24) is 15.0 Å². The molecule has 142 valence electrons. The highest BCUT2D eigenvalue weighted by Gasteiger charge is 2.18. The number of carbonyl (C=O) groups is 2. The van der Waals surface area contributed by atoms with Crippen molar-refractivity contribution in [2.45, 2.75) is 6.92 Å². The zero-order valence-corrected chi connectivity index (χ0v) is 17.3. The Morgan fingerprint density at radius 1 is 1.25 bits per heavy atom. The molecule has 4 aromatic heterocycles. The Balaban J connectivity index is 1.50. The number of aromatic nitrogens is 3. The summed E-state index contributed by atoms with van der Waals surface area (Å²) in [6, 6.07) is 5.60. The van der Waals surface area contributed by atoms with Crippen molar-refractivity contribution >= 4 is 51.0 Å². The van der Waals surface area contributed by atoms with Gasteiger partial charge < -0.3 is 9.72 Å². The summed E-state index contributed by atoms with van der Waals surface area (Å²) in [6.45, 7) is 1.82. The number of thiazole rings is 2. The molecule has 4 aromatic rings. The molecular weight excluding hydrogens is 416 g/mol. The molecule has 0 aliphatic rings. The first-order valence-electron chi connectivity index (χ1n) is 8.10. The van der Waals surface area contributed by atoms with Gasteiger partial charge in [-0.05, 0) is 24.4 Å². The second kappa shape index (κ2) is 7.66. The van der Waals surface area contributed by atoms with E-state index in [0.29, 0.717) is 27.1 Å². The average molecular weight is 431 g/mol. The smallest absolute Gasteiger partial charge is 0.354 e. The molecule has 0 aliphatic carbocycles. The number of aryl methyl sites for hydroxylation is 1. The van der Waals surface area contributed by atoms with E-state index in [4.69, 9.17) is 0 Å². The standard InChI is InChI=1S/C18H14N4O3S3/c1-9-14(28-16(20-9)13-4-3-5-26-13)15(23)22-18-21-12(8-27-18)10-6-11(19-7-10)17(24)25-2/h3-8,19H,1-2H3,(H,21,22,23). The van der Waals surface area contributed by atoms with Crippen LogP contribution >= 0.6 is 34.0 Å². The van der Waals surface area contributed by atoms with Gasteiger partial charge in [-0.25, -0.2) is 14.8 Å². The third-order valence-corrected chi connectivity index (χ3v) is 6.80. The number of rotatable bonds is 5. The van der Waals surface area contributed by atoms with Gasteiger partial charge in [0.1, 0.15) is 15.6 Å². The molecule has 0 saturated heterocycles. The first-order chi connectivity index (χ1) is 13.5. The number of nitrogens with zero attached hydrogens (tertiary/aromatic N) is 2. The van der Waals surface area contributed by atoms with Gasteiger partial charge in [0, 0.05) is 17.1 Å². The summed E-state index contributed by atoms with van der Waals surface area (Å²) in [7, 11) is 1.32. The summed E-state index contributed by atoms with van der Waals surface area (Å²) in [6.07, 6.45) is 1.67. The molecule has 28 heavy (non-hydrogen) atoms. The lowest BCUT2D eigenvalue weighted by Crippen LogP contribution is -2.11. The van der Waals surface area contributed by atoms with Crippen molar-refractivity contribution in [2.24, 2.45) is 0 Å². The summed E-state index contributed by atoms with van der Waals surface area (Å²) in [5.41, 5.74) is 2.44. The van der Waals surface area contributed by atoms with E-state index in [1.807, 2.05) is 29.8 Å². The second-order valence-electron chi connectivity index (χ2n) is 5.70. The maximum absolute atomic E-state index is 12.7. The van der Waals surface area contributed by atoms with E-state index in [-0.39, 0.29) is 5.91 Å². The molecule has 0 atom stereocenters. The van der Waals surface area contributed by atoms with E-state index in [9.17, 15) is 9.59 Å². The monoisotopic (exact) mass is 430 g/mol. The van der Waals surface area contributed by atoms with Crippen LogP contribution in [-0.4, -0.2) is 33.9 Å². The number of esters is 1. The zero-order chi connectivity index (χ0) is 19.7. The lowest BCUT2D eigenvalue weighted by Gasteiger charge is -1.99. The number of hydrogen-bond acceptors (Lipinski definition) is 8. The van der Waals surface area contributed by atoms with Crippen LogP contribution in [-0.2, 0) is 4.74 Å². The maximum atomic E-state index is 12.7. The highest BCUT2D eigenvalue weighted by atomic mass is 32.1. The fraction of sp³-hybridized carbons (Fsp3) is 0.111. The third-order valence-electron chi connectivity index (χ3n) is 3.84. The van der Waals surface area contributed by atoms with Crippen LogP contribution in [0.15, 0.2) is 35.2 Å². The Kier molecular flexibility index (Phi) is 5.07. The largest absolute Gasteiger partial charge is 0.464 e. The molecule has 0 bridgehead atoms. The van der Waals surface area contributed by atoms with E-state index < -0.39 is 5.97 Å². The van der Waals surface area contributed by atoms with E-state index in [0.717, 1.165) is 15.4 Å². The molecular formula is C18H14N4O3S3. The van der Waals surface area contributed by atoms with Crippen LogP contribution in [0.5, 0.6) is 0 Å². The molecule has 10 heteroatoms. The minimum absolute atomic E-state index is 0.233. The summed E-state index contributed by atoms with van der Waals surface area (Å²) in [5, 5.41) is 7.94. The van der Waals surface area contributed by atoms with E-state index in [1.165, 1.54) is 29.8 Å². The Bertz CT molecular complexity index is 1140. The van der Waals surface area contributed by atoms with E-state index in [2.05, 4.69) is 25.0 Å². The number of carbonyl (C=O) groups excluding carboxylic acids is 2. The highest BCUT2D eigenvalue weighted by molar-refractivity contribution is 7.22. The molecule has 7 nitrogen and oxygen atoms in total. The fourth-order valence-electron chi connectivity index (χ4n) is 2.50. The Morgan fingerprint density at radius 3 is 2.86 bits per heavy atom. The molecule has 0 aromatic carbocycles. The van der Waals surface area contributed by atoms with Crippen LogP contribution in [0.4, 0.5) is 5.13 Å². The van der Waals surface area contributed by atoms with Crippen LogP contribution in [0.3, 0.4) is 0 Å². The fourth-order valence-corrected chi connectivity index (χ4v) is 4.97. The van der Waals surface area contributed by atoms with Crippen LogP contribution < -0.4 is 5.32 Å². The molecule has 2 N–H and O–H groups in total. The number of hydrogen-bond donors (Lipinski definition) is 2. The van der Waals surface area contributed by atoms with Gasteiger partial charge in [0.2, 0.25) is 0 Å². The van der Waals surface area contributed by atoms with Crippen molar-refractivity contribution in [2.75, 3.05) is 12.4 Å². The maximum Gasteiger partial charge on any atom is 0.354 e. The number of anilines is 1. The molecule has 0 fully saturated rings. The van der Waals surface area contributed by atoms with Gasteiger partial charge in [-0.1, -0.05) is 6.07 Å². The number of methoxy groups -OCH3 is 1. The Morgan fingerprint density at radius 2 is 2.11 bits per heavy atom. The van der Waals surface area contributed by atoms with E-state index in [1.54, 1.807) is 23.6 Å². The lowest BCUT2D eigenvalue weighted by atomic mass is 10.2. The zero-order valence-electron chi connectivity index (χ0n) is 14.8. The number of nitrogens with one attached hydrogen (secondary N) is 2. The number of thiophene rings is 1. The molecule has 1 amide bonds. The summed E-state index contributed by atoms with van der Waals surface area (Å²) < 4.78 is 4.68. The molecule has 4 heterocycles. The molecule has 0 aliphatic heterocycles. The predicted octanol–water partition coefficient (Wildman–Crippen LogP) is 4.67. The molecule has 4 rings (SSSR count). The number of H-pyrrole nitrogens is 1. The van der Waals surface area contributed by atoms with Gasteiger partial charge in [0.05, 0.1) is 23.4 Å². The molecule has 0 radical (unpaired) electrons. The highest BCUT2D eigenvalue weighted by Crippen LogP contribution is 2.32. The van der Waals surface area contributed by atoms with Crippen molar-refractivity contribution in [1.29, 1.82) is 0 Å². The van der Waals surface area contributed by atoms with Crippen LogP contribution in [0.2, 0.25) is 0 Å². The average Bonchev–Trinajstić information content (AvgIpc) is 3.45. The van der Waals surface area contributed by atoms with E-state index >= 15 is 0 Å². The Labute approximate surface area is 172 Å². The van der Waals surface area contributed by atoms with Gasteiger partial charge in [-0.3, -0.25) is 10.1 Å². The molecule has 0 saturated carbocycles. The topological polar surface area (TPSA) is 97.0 Å². The minimum Gasteiger partial charge on any atom is -0.464 e. The van der Waals surface area contributed by atoms with Crippen LogP contribution in [0, 0.1) is 6.92 Å². The summed E-state index contributed by atoms with van der Waals surface area (Å²) >= 11 is 4.27. The number of ether oxygens (including phenoxy) is 1. The Hall–Kier alpha value is -2.82. The van der Waals surface area contributed by atoms with Crippen LogP contribution in [0.1, 0.15) is 25.9 Å². The first kappa shape index (κ1) is 18.5. The third kappa shape index (κ3) is 3.61. The summed E-state index contributed by atoms with van der Waals surface area (Å²) in [5.74, 6) is -0.680. The van der Waals surface area contributed by atoms with Gasteiger partial charge in [-0.15, -0.1) is 34.0 Å². The number of amides is 1. The first-order valence-corrected chi connectivity index (χ1v) is 10.7. The lowest BCUT2D eigenvalue weighted by molar-refractivity contribution is 0.0594. The minimum atomic E-state index is -0.447. The second-order valence-corrected chi connectivity index (χ2v) is 8.50. The number of aromatic amines is 1. The van der Waals surface area contributed by atoms with Gasteiger partial charge >= 0.3 is 5.97 Å². The van der Waals surface area contributed by atoms with Crippen molar-refractivity contribution < 1.29 is 14.3 Å². The van der Waals surface area contributed by atoms with Crippen LogP contribution in [0.25, 0.3) is 21.1 Å². The quantitative estimate of drug-likeness (QED) is 0.449. The van der Waals surface area contributed by atoms with Crippen molar-refractivity contribution in [3.8, 4) is 21.1 Å². The SMILES string of the molecule is COC(=O)c1cc(-c2csc(NC(=O)c3sc(-c4cccs4)nc3C)n2)c[nH]1. The molecule has 0 spiro atoms. The summed E-state index contributed by atoms with van der Waals surface area (Å²) in [4.78, 5) is 37.6. The normalized spacial score (nSPS) is 10.8. The predicted molar refractivity (Wildman–Crippen MR) is 111 cm³/mol. The molecule has 0 unspecified atom stereocenters. The van der Waals surface area contributed by atoms with Gasteiger partial charge in [0.25, 0.3) is 5.91 Å². The van der Waals surface area contributed by atoms with Gasteiger partial charge in [0.15, 0.2) is 5.13 Å². The van der Waals surface area contributed by atoms with Gasteiger partial charge in [-0.2, -0.15) is 0 Å². The van der Waals surface area contributed by atoms with Crippen molar-refractivity contribution in [3.63, 3.8) is 0 Å². The van der Waals surface area contributed by atoms with Crippen molar-refractivity contribution in [3.05, 3.63) is 51.4 Å².